The van der Waals surface area contributed by atoms with Gasteiger partial charge in [-0.15, -0.1) is 0 Å². The Morgan fingerprint density at radius 1 is 0.561 bits per heavy atom. The van der Waals surface area contributed by atoms with Gasteiger partial charge in [0.15, 0.2) is 18.9 Å². The fourth-order valence-corrected chi connectivity index (χ4v) is 5.72. The molecule has 0 aromatic heterocycles. The zero-order valence-electron chi connectivity index (χ0n) is 22.7. The van der Waals surface area contributed by atoms with Gasteiger partial charge in [-0.1, -0.05) is 0 Å². The van der Waals surface area contributed by atoms with Gasteiger partial charge < -0.3 is 93.5 Å². The first-order chi connectivity index (χ1) is 19.3. The molecule has 0 aromatic rings. The summed E-state index contributed by atoms with van der Waals surface area (Å²) in [4.78, 5) is 0. The van der Waals surface area contributed by atoms with E-state index in [9.17, 15) is 30.6 Å². The second-order valence-corrected chi connectivity index (χ2v) is 11.2. The minimum atomic E-state index is -1.45. The third-order valence-corrected chi connectivity index (χ3v) is 8.33. The second-order valence-electron chi connectivity index (χ2n) is 11.2. The molecule has 4 unspecified atom stereocenters. The molecule has 3 aliphatic heterocycles. The van der Waals surface area contributed by atoms with Crippen LogP contribution in [0, 0.1) is 0 Å². The number of hydrogen-bond donors (Lipinski definition) is 12. The van der Waals surface area contributed by atoms with Crippen LogP contribution in [0.5, 0.6) is 0 Å². The van der Waals surface area contributed by atoms with E-state index in [0.29, 0.717) is 0 Å². The summed E-state index contributed by atoms with van der Waals surface area (Å²) in [6.07, 6.45) is -18.2. The van der Waals surface area contributed by atoms with Gasteiger partial charge in [-0.2, -0.15) is 0 Å². The Balaban J connectivity index is 1.47. The number of nitrogens with two attached hydrogens (primary N) is 6. The maximum atomic E-state index is 11.1. The highest BCUT2D eigenvalue weighted by molar-refractivity contribution is 5.02. The molecule has 0 aromatic carbocycles. The van der Waals surface area contributed by atoms with Gasteiger partial charge in [0.2, 0.25) is 0 Å². The molecule has 4 aliphatic rings. The largest absolute Gasteiger partial charge is 0.389 e. The van der Waals surface area contributed by atoms with Crippen LogP contribution in [-0.4, -0.2) is 160 Å². The minimum absolute atomic E-state index is 0.117. The Morgan fingerprint density at radius 3 is 1.51 bits per heavy atom. The van der Waals surface area contributed by atoms with Crippen LogP contribution >= 0.6 is 0 Å². The van der Waals surface area contributed by atoms with Crippen molar-refractivity contribution in [3.05, 3.63) is 0 Å². The van der Waals surface area contributed by atoms with Gasteiger partial charge in [0, 0.05) is 25.2 Å². The summed E-state index contributed by atoms with van der Waals surface area (Å²) in [6.45, 7) is 1.34. The Morgan fingerprint density at radius 2 is 1.02 bits per heavy atom. The molecule has 240 valence electrons. The molecule has 0 spiro atoms. The number of rotatable bonds is 8. The lowest BCUT2D eigenvalue weighted by molar-refractivity contribution is -0.306. The summed E-state index contributed by atoms with van der Waals surface area (Å²) in [6, 6.07) is -3.97. The molecule has 4 rings (SSSR count). The summed E-state index contributed by atoms with van der Waals surface area (Å²) in [7, 11) is 0. The lowest BCUT2D eigenvalue weighted by Crippen LogP contribution is -2.68. The first-order valence-electron chi connectivity index (χ1n) is 13.7. The molecule has 18 nitrogen and oxygen atoms in total. The molecule has 18 heteroatoms. The number of hydrogen-bond acceptors (Lipinski definition) is 18. The van der Waals surface area contributed by atoms with Crippen molar-refractivity contribution < 1.29 is 59.1 Å². The number of aliphatic hydroxyl groups is 6. The smallest absolute Gasteiger partial charge is 0.187 e. The van der Waals surface area contributed by atoms with Gasteiger partial charge in [0.1, 0.15) is 61.0 Å². The van der Waals surface area contributed by atoms with Crippen molar-refractivity contribution in [1.82, 2.24) is 0 Å². The van der Waals surface area contributed by atoms with E-state index in [1.807, 2.05) is 0 Å². The molecule has 18 N–H and O–H groups in total. The van der Waals surface area contributed by atoms with Crippen molar-refractivity contribution >= 4 is 0 Å². The first-order valence-corrected chi connectivity index (χ1v) is 13.7. The van der Waals surface area contributed by atoms with Crippen molar-refractivity contribution in [2.45, 2.75) is 130 Å². The fourth-order valence-electron chi connectivity index (χ4n) is 5.72. The summed E-state index contributed by atoms with van der Waals surface area (Å²) in [5, 5.41) is 63.0. The normalized spacial score (nSPS) is 54.8. The summed E-state index contributed by atoms with van der Waals surface area (Å²) in [5.41, 5.74) is 35.7. The van der Waals surface area contributed by atoms with E-state index in [1.165, 1.54) is 0 Å². The standard InChI is InChI=1S/C23H46N6O12/c1-5-18(39-21-10(28)15(33)13(31)8(3-24)37-21)17(35)23(36-5)41-20-12(30)6(26)2-7(27)19(20)40-22-11(29)16(34)14(32)9(4-25)38-22/h5-23,30-35H,2-4,24-29H2,1H3/t5-,6-,7+,8+,9-,10-,11?,12+,13-,14?,15-,16-,17-,18-,19?,20-,21?,22-,23+/m1/s1. The van der Waals surface area contributed by atoms with E-state index in [2.05, 4.69) is 0 Å². The predicted molar refractivity (Wildman–Crippen MR) is 137 cm³/mol. The van der Waals surface area contributed by atoms with E-state index in [1.54, 1.807) is 6.92 Å². The molecular formula is C23H46N6O12. The van der Waals surface area contributed by atoms with Crippen LogP contribution in [0.3, 0.4) is 0 Å². The fraction of sp³-hybridized carbons (Fsp3) is 1.00. The quantitative estimate of drug-likeness (QED) is 0.123. The zero-order valence-corrected chi connectivity index (χ0v) is 22.7. The molecular weight excluding hydrogens is 552 g/mol. The van der Waals surface area contributed by atoms with Crippen molar-refractivity contribution in [1.29, 1.82) is 0 Å². The van der Waals surface area contributed by atoms with Crippen LogP contribution in [0.1, 0.15) is 13.3 Å². The Bertz CT molecular complexity index is 851. The van der Waals surface area contributed by atoms with Crippen molar-refractivity contribution in [3.8, 4) is 0 Å². The molecule has 0 radical (unpaired) electrons. The molecule has 1 saturated carbocycles. The van der Waals surface area contributed by atoms with E-state index in [0.717, 1.165) is 0 Å². The number of aliphatic hydroxyl groups excluding tert-OH is 6. The minimum Gasteiger partial charge on any atom is -0.389 e. The molecule has 19 atom stereocenters. The Labute approximate surface area is 236 Å². The summed E-state index contributed by atoms with van der Waals surface area (Å²) in [5.74, 6) is 0. The average Bonchev–Trinajstić information content (AvgIpc) is 3.20. The third-order valence-electron chi connectivity index (χ3n) is 8.33. The van der Waals surface area contributed by atoms with E-state index < -0.39 is 116 Å². The maximum Gasteiger partial charge on any atom is 0.187 e. The van der Waals surface area contributed by atoms with Gasteiger partial charge in [-0.3, -0.25) is 0 Å². The lowest BCUT2D eigenvalue weighted by atomic mass is 9.84. The highest BCUT2D eigenvalue weighted by atomic mass is 16.8. The monoisotopic (exact) mass is 598 g/mol. The Kier molecular flexibility index (Phi) is 10.9. The first kappa shape index (κ1) is 33.2. The average molecular weight is 599 g/mol. The molecule has 4 fully saturated rings. The zero-order chi connectivity index (χ0) is 30.3. The molecule has 1 aliphatic carbocycles. The van der Waals surface area contributed by atoms with E-state index in [4.69, 9.17) is 62.8 Å². The third kappa shape index (κ3) is 6.55. The maximum absolute atomic E-state index is 11.1. The van der Waals surface area contributed by atoms with Gasteiger partial charge in [-0.25, -0.2) is 0 Å². The van der Waals surface area contributed by atoms with Gasteiger partial charge in [-0.05, 0) is 13.3 Å². The van der Waals surface area contributed by atoms with E-state index in [-0.39, 0.29) is 19.5 Å². The van der Waals surface area contributed by atoms with Crippen molar-refractivity contribution in [3.63, 3.8) is 0 Å². The second kappa shape index (κ2) is 13.5. The summed E-state index contributed by atoms with van der Waals surface area (Å²) >= 11 is 0. The molecule has 0 bridgehead atoms. The molecule has 3 heterocycles. The van der Waals surface area contributed by atoms with Crippen LogP contribution in [0.2, 0.25) is 0 Å². The van der Waals surface area contributed by atoms with Gasteiger partial charge in [0.25, 0.3) is 0 Å². The number of ether oxygens (including phenoxy) is 6. The predicted octanol–water partition coefficient (Wildman–Crippen LogP) is -7.87. The van der Waals surface area contributed by atoms with Gasteiger partial charge >= 0.3 is 0 Å². The topological polar surface area (TPSA) is 333 Å². The van der Waals surface area contributed by atoms with Crippen LogP contribution in [0.25, 0.3) is 0 Å². The van der Waals surface area contributed by atoms with Crippen molar-refractivity contribution in [2.24, 2.45) is 34.4 Å². The van der Waals surface area contributed by atoms with Gasteiger partial charge in [0.05, 0.1) is 24.3 Å². The highest BCUT2D eigenvalue weighted by Gasteiger charge is 2.53. The Hall–Kier alpha value is -0.720. The molecule has 41 heavy (non-hydrogen) atoms. The van der Waals surface area contributed by atoms with E-state index >= 15 is 0 Å². The van der Waals surface area contributed by atoms with Crippen LogP contribution in [0.15, 0.2) is 0 Å². The lowest BCUT2D eigenvalue weighted by Gasteiger charge is -2.47. The van der Waals surface area contributed by atoms with Crippen LogP contribution < -0.4 is 34.4 Å². The van der Waals surface area contributed by atoms with Crippen LogP contribution in [-0.2, 0) is 28.4 Å². The van der Waals surface area contributed by atoms with Crippen LogP contribution in [0.4, 0.5) is 0 Å². The highest BCUT2D eigenvalue weighted by Crippen LogP contribution is 2.34. The van der Waals surface area contributed by atoms with Crippen molar-refractivity contribution in [2.75, 3.05) is 13.1 Å². The SMILES string of the molecule is C[C@H]1O[C@@H](O[C@H]2C(O[C@H]3O[C@H](CN)C(O)[C@H](O)C3N)[C@@H](N)C[C@@H](N)[C@@H]2O)[C@H](O)[C@@H]1OC1O[C@@H](CN)[C@@H](O)[C@H](O)[C@H]1N. The summed E-state index contributed by atoms with van der Waals surface area (Å²) < 4.78 is 34.9. The molecule has 3 saturated heterocycles. The molecule has 0 amide bonds.